The van der Waals surface area contributed by atoms with Crippen LogP contribution in [0.25, 0.3) is 0 Å². The average Bonchev–Trinajstić information content (AvgIpc) is 0.684. The number of phenolic OH excluding ortho intramolecular Hbond substituents is 2. The smallest absolute Gasteiger partial charge is 0.508 e. The molecular weight excluding hydrogens is 1270 g/mol. The third kappa shape index (κ3) is 30.7. The summed E-state index contributed by atoms with van der Waals surface area (Å²) in [4.78, 5) is 31.2. The van der Waals surface area contributed by atoms with Gasteiger partial charge in [-0.05, 0) is 136 Å². The molecule has 0 aliphatic rings. The molecule has 2 unspecified atom stereocenters. The number of aryl methyl sites for hydroxylation is 3. The summed E-state index contributed by atoms with van der Waals surface area (Å²) in [7, 11) is -10.8. The Kier molecular flexibility index (Phi) is 42.5. The van der Waals surface area contributed by atoms with Gasteiger partial charge in [0.1, 0.15) is 17.2 Å². The largest absolute Gasteiger partial charge is 0.536 e. The molecule has 2 atom stereocenters. The molecule has 578 valence electrons. The molecule has 0 spiro atoms. The Labute approximate surface area is 617 Å². The minimum atomic E-state index is -5.45. The molecular formula is C89H158O9P2. The Morgan fingerprint density at radius 2 is 0.560 bits per heavy atom. The van der Waals surface area contributed by atoms with Gasteiger partial charge in [-0.15, -0.1) is 0 Å². The van der Waals surface area contributed by atoms with Crippen molar-refractivity contribution in [1.29, 1.82) is 0 Å². The summed E-state index contributed by atoms with van der Waals surface area (Å²) >= 11 is 0. The second kappa shape index (κ2) is 46.4. The number of aromatic hydroxyl groups is 2. The van der Waals surface area contributed by atoms with Crippen LogP contribution < -0.4 is 4.52 Å². The van der Waals surface area contributed by atoms with Crippen molar-refractivity contribution in [1.82, 2.24) is 0 Å². The molecule has 0 bridgehead atoms. The highest BCUT2D eigenvalue weighted by atomic mass is 31.3. The van der Waals surface area contributed by atoms with Crippen LogP contribution in [0.2, 0.25) is 0 Å². The van der Waals surface area contributed by atoms with Gasteiger partial charge in [0.15, 0.2) is 0 Å². The van der Waals surface area contributed by atoms with Crippen LogP contribution >= 0.6 is 15.6 Å². The van der Waals surface area contributed by atoms with Crippen LogP contribution in [0.4, 0.5) is 0 Å². The van der Waals surface area contributed by atoms with Crippen LogP contribution in [0.3, 0.4) is 0 Å². The van der Waals surface area contributed by atoms with E-state index < -0.39 is 48.1 Å². The first-order valence-corrected chi connectivity index (χ1v) is 44.9. The number of rotatable bonds is 57. The fraction of sp³-hybridized carbons (Fsp3) is 0.798. The summed E-state index contributed by atoms with van der Waals surface area (Å²) in [6.45, 7) is 38.2. The molecule has 100 heavy (non-hydrogen) atoms. The van der Waals surface area contributed by atoms with Gasteiger partial charge in [-0.3, -0.25) is 4.89 Å². The number of phosphoric acid groups is 2. The van der Waals surface area contributed by atoms with Gasteiger partial charge in [0.2, 0.25) is 0 Å². The number of phenols is 2. The summed E-state index contributed by atoms with van der Waals surface area (Å²) in [6, 6.07) is 13.3. The Balaban J connectivity index is 2.81. The van der Waals surface area contributed by atoms with Crippen molar-refractivity contribution in [3.05, 3.63) is 86.5 Å². The van der Waals surface area contributed by atoms with E-state index in [1.54, 1.807) is 0 Å². The Morgan fingerprint density at radius 1 is 0.310 bits per heavy atom. The van der Waals surface area contributed by atoms with E-state index in [0.29, 0.717) is 17.1 Å². The quantitative estimate of drug-likeness (QED) is 0.0275. The van der Waals surface area contributed by atoms with E-state index in [1.807, 2.05) is 6.07 Å². The lowest BCUT2D eigenvalue weighted by molar-refractivity contribution is -0.000854. The predicted molar refractivity (Wildman–Crippen MR) is 431 cm³/mol. The Morgan fingerprint density at radius 3 is 0.840 bits per heavy atom. The van der Waals surface area contributed by atoms with Gasteiger partial charge in [0.05, 0.1) is 0 Å². The van der Waals surface area contributed by atoms with Crippen LogP contribution in [-0.2, 0) is 40.5 Å². The molecule has 0 saturated heterocycles. The maximum Gasteiger partial charge on any atom is 0.536 e. The van der Waals surface area contributed by atoms with E-state index in [0.717, 1.165) is 118 Å². The molecule has 0 heterocycles. The van der Waals surface area contributed by atoms with Crippen molar-refractivity contribution in [3.8, 4) is 17.2 Å². The van der Waals surface area contributed by atoms with Gasteiger partial charge in [-0.1, -0.05) is 398 Å². The van der Waals surface area contributed by atoms with E-state index in [2.05, 4.69) is 152 Å². The summed E-state index contributed by atoms with van der Waals surface area (Å²) in [5, 5.41) is 25.1. The fourth-order valence-corrected chi connectivity index (χ4v) is 19.1. The molecule has 5 N–H and O–H groups in total. The molecule has 0 aromatic heterocycles. The number of phosphoric ester groups is 1. The Bertz CT molecular complexity index is 2720. The van der Waals surface area contributed by atoms with Crippen molar-refractivity contribution in [3.63, 3.8) is 0 Å². The molecule has 3 rings (SSSR count). The van der Waals surface area contributed by atoms with Crippen molar-refractivity contribution in [2.45, 2.75) is 453 Å². The average molecular weight is 1430 g/mol. The normalized spacial score (nSPS) is 14.1. The highest BCUT2D eigenvalue weighted by molar-refractivity contribution is 7.60. The fourth-order valence-electron chi connectivity index (χ4n) is 17.5. The standard InChI is InChI=1S/C89H158O9P2/c1-18-22-26-30-34-38-42-46-50-54-58-62-87(17,75-69-80(86(14,15)16)83(68-74(75)7)97-100(95,96)98-99(92,93)94)88(63-59-55-51-47-43-39-35-31-27-23-19-2,64-60-56-52-48-44-40-36-32-28-24-20-3)89(65-61-57-53-49-45-41-37-33-29-25-21-4,76-70-78(84(8,9)10)81(90)66-72(76)5)77-71-79(85(11,12)13)82(91)67-73(77)6/h66-71,90-91H,18-65H2,1-17H3,(H,95,96)(H2,92,93,94). The maximum absolute atomic E-state index is 13.9. The zero-order valence-corrected chi connectivity index (χ0v) is 70.0. The van der Waals surface area contributed by atoms with E-state index in [-0.39, 0.29) is 5.75 Å². The molecule has 0 amide bonds. The van der Waals surface area contributed by atoms with Crippen molar-refractivity contribution in [2.75, 3.05) is 0 Å². The Hall–Kier alpha value is -2.64. The minimum absolute atomic E-state index is 0.0759. The lowest BCUT2D eigenvalue weighted by Gasteiger charge is -2.63. The molecule has 0 aliphatic carbocycles. The van der Waals surface area contributed by atoms with E-state index in [1.165, 1.54) is 235 Å². The predicted octanol–water partition coefficient (Wildman–Crippen LogP) is 29.5. The number of hydrogen-bond donors (Lipinski definition) is 5. The van der Waals surface area contributed by atoms with Gasteiger partial charge < -0.3 is 24.5 Å². The van der Waals surface area contributed by atoms with Crippen LogP contribution in [0, 0.1) is 26.2 Å². The topological polar surface area (TPSA) is 154 Å². The number of benzene rings is 3. The highest BCUT2D eigenvalue weighted by Gasteiger charge is 2.62. The maximum atomic E-state index is 13.9. The third-order valence-electron chi connectivity index (χ3n) is 23.1. The summed E-state index contributed by atoms with van der Waals surface area (Å²) in [6.07, 6.45) is 57.7. The zero-order chi connectivity index (χ0) is 74.5. The zero-order valence-electron chi connectivity index (χ0n) is 68.2. The molecule has 0 saturated carbocycles. The van der Waals surface area contributed by atoms with Crippen LogP contribution in [0.5, 0.6) is 17.2 Å². The molecule has 9 nitrogen and oxygen atoms in total. The van der Waals surface area contributed by atoms with Gasteiger partial charge in [-0.25, -0.2) is 9.13 Å². The SMILES string of the molecule is CCCCCCCCCCCCCC(C)(c1cc(C(C)(C)C)c(OP(=O)(O)OP(=O)(O)O)cc1C)C(CCCCCCCCCCCCC)(CCCCCCCCCCCCC)C(CCCCCCCCCCCCC)(c1cc(C(C)(C)C)c(O)cc1C)c1cc(C(C)(C)C)c(O)cc1C. The monoisotopic (exact) mass is 1430 g/mol. The van der Waals surface area contributed by atoms with Gasteiger partial charge in [0.25, 0.3) is 0 Å². The van der Waals surface area contributed by atoms with Crippen molar-refractivity contribution < 1.29 is 42.9 Å². The molecule has 0 fully saturated rings. The summed E-state index contributed by atoms with van der Waals surface area (Å²) in [5.41, 5.74) is 5.90. The summed E-state index contributed by atoms with van der Waals surface area (Å²) < 4.78 is 36.8. The number of unbranched alkanes of at least 4 members (excludes halogenated alkanes) is 40. The minimum Gasteiger partial charge on any atom is -0.508 e. The van der Waals surface area contributed by atoms with Gasteiger partial charge >= 0.3 is 15.6 Å². The third-order valence-corrected chi connectivity index (χ3v) is 25.2. The first-order chi connectivity index (χ1) is 47.2. The summed E-state index contributed by atoms with van der Waals surface area (Å²) in [5.74, 6) is 0.725. The lowest BCUT2D eigenvalue weighted by Crippen LogP contribution is -2.59. The second-order valence-electron chi connectivity index (χ2n) is 34.9. The van der Waals surface area contributed by atoms with E-state index in [4.69, 9.17) is 4.52 Å². The first kappa shape index (κ1) is 91.6. The van der Waals surface area contributed by atoms with Gasteiger partial charge in [0, 0.05) is 11.0 Å². The first-order valence-electron chi connectivity index (χ1n) is 41.9. The number of hydrogen-bond acceptors (Lipinski definition) is 6. The van der Waals surface area contributed by atoms with Gasteiger partial charge in [-0.2, -0.15) is 4.31 Å². The van der Waals surface area contributed by atoms with Crippen LogP contribution in [0.1, 0.15) is 455 Å². The van der Waals surface area contributed by atoms with E-state index >= 15 is 0 Å². The molecule has 3 aromatic rings. The molecule has 0 radical (unpaired) electrons. The lowest BCUT2D eigenvalue weighted by atomic mass is 9.40. The van der Waals surface area contributed by atoms with Crippen LogP contribution in [-0.4, -0.2) is 24.9 Å². The molecule has 0 aliphatic heterocycles. The van der Waals surface area contributed by atoms with Crippen molar-refractivity contribution >= 4 is 15.6 Å². The molecule has 11 heteroatoms. The molecule has 3 aromatic carbocycles. The highest BCUT2D eigenvalue weighted by Crippen LogP contribution is 2.68. The van der Waals surface area contributed by atoms with E-state index in [9.17, 15) is 34.0 Å². The van der Waals surface area contributed by atoms with Crippen LogP contribution in [0.15, 0.2) is 36.4 Å². The second-order valence-corrected chi connectivity index (χ2v) is 37.6. The van der Waals surface area contributed by atoms with Crippen molar-refractivity contribution in [2.24, 2.45) is 5.41 Å².